The summed E-state index contributed by atoms with van der Waals surface area (Å²) in [5, 5.41) is 10.0. The molecule has 0 saturated carbocycles. The second-order valence-electron chi connectivity index (χ2n) is 9.29. The van der Waals surface area contributed by atoms with E-state index in [2.05, 4.69) is 27.2 Å². The number of hydrogen-bond acceptors (Lipinski definition) is 6. The van der Waals surface area contributed by atoms with Crippen molar-refractivity contribution in [3.8, 4) is 23.1 Å². The summed E-state index contributed by atoms with van der Waals surface area (Å²) in [5.74, 6) is 8.35. The van der Waals surface area contributed by atoms with E-state index in [1.54, 1.807) is 48.8 Å². The molecule has 2 amide bonds. The lowest BCUT2D eigenvalue weighted by molar-refractivity contribution is -0.143. The number of likely N-dealkylation sites (tertiary alicyclic amines) is 1. The number of aromatic nitrogens is 2. The Bertz CT molecular complexity index is 1690. The van der Waals surface area contributed by atoms with Gasteiger partial charge >= 0.3 is 5.97 Å². The summed E-state index contributed by atoms with van der Waals surface area (Å²) < 4.78 is 14.8. The van der Waals surface area contributed by atoms with E-state index in [-0.39, 0.29) is 11.1 Å². The number of nitrogen functional groups attached to an aromatic ring is 1. The fourth-order valence-electron chi connectivity index (χ4n) is 4.69. The molecule has 5 rings (SSSR count). The van der Waals surface area contributed by atoms with Gasteiger partial charge in [-0.1, -0.05) is 24.0 Å². The van der Waals surface area contributed by atoms with Crippen molar-refractivity contribution in [2.24, 2.45) is 5.84 Å². The van der Waals surface area contributed by atoms with Gasteiger partial charge in [0, 0.05) is 41.0 Å². The molecule has 0 spiro atoms. The number of rotatable bonds is 4. The maximum Gasteiger partial charge on any atom is 0.326 e. The number of benzene rings is 2. The number of fused-ring (bicyclic) bond motifs is 1. The summed E-state index contributed by atoms with van der Waals surface area (Å²) in [4.78, 5) is 46.7. The number of pyridine rings is 2. The molecule has 4 N–H and O–H groups in total. The molecular weight excluding hydrogens is 513 g/mol. The zero-order valence-corrected chi connectivity index (χ0v) is 21.2. The van der Waals surface area contributed by atoms with Crippen molar-refractivity contribution >= 4 is 28.7 Å². The highest BCUT2D eigenvalue weighted by Gasteiger charge is 2.32. The van der Waals surface area contributed by atoms with Crippen molar-refractivity contribution < 1.29 is 23.9 Å². The molecule has 10 heteroatoms. The number of hydrazine groups is 1. The Hall–Kier alpha value is -5.14. The topological polar surface area (TPSA) is 139 Å². The average molecular weight is 538 g/mol. The van der Waals surface area contributed by atoms with Crippen molar-refractivity contribution in [3.05, 3.63) is 95.1 Å². The molecule has 1 aliphatic rings. The van der Waals surface area contributed by atoms with Crippen molar-refractivity contribution in [1.82, 2.24) is 20.3 Å². The molecule has 0 unspecified atom stereocenters. The van der Waals surface area contributed by atoms with E-state index in [0.717, 1.165) is 18.1 Å². The summed E-state index contributed by atoms with van der Waals surface area (Å²) in [6.07, 6.45) is 4.96. The van der Waals surface area contributed by atoms with Crippen LogP contribution in [0.25, 0.3) is 22.2 Å². The molecule has 1 saturated heterocycles. The van der Waals surface area contributed by atoms with Gasteiger partial charge in [0.1, 0.15) is 11.9 Å². The molecule has 0 radical (unpaired) electrons. The minimum atomic E-state index is -1.06. The maximum atomic E-state index is 14.8. The molecule has 9 nitrogen and oxygen atoms in total. The third-order valence-electron chi connectivity index (χ3n) is 6.77. The number of nitrogens with two attached hydrogens (primary N) is 1. The molecule has 40 heavy (non-hydrogen) atoms. The molecule has 2 aromatic heterocycles. The van der Waals surface area contributed by atoms with E-state index >= 15 is 0 Å². The van der Waals surface area contributed by atoms with E-state index in [1.807, 2.05) is 0 Å². The Morgan fingerprint density at radius 2 is 1.85 bits per heavy atom. The molecular formula is C30H24FN5O4. The molecule has 0 bridgehead atoms. The minimum absolute atomic E-state index is 0.0851. The van der Waals surface area contributed by atoms with E-state index in [1.165, 1.54) is 17.0 Å². The standard InChI is InChI=1S/C30H24FN5O4/c31-24-15-21(29(38)36-14-2-1-3-27(36)30(39)40)11-10-19(24)7-4-18-5-8-20(9-6-18)26-16-22(28(37)35-32)23-17-33-13-12-25(23)34-26/h5-6,8-13,15-17,27H,1-3,14,32H2,(H,35,37)(H,39,40)/t27-/m1/s1. The van der Waals surface area contributed by atoms with Crippen LogP contribution in [0.15, 0.2) is 67.0 Å². The first kappa shape index (κ1) is 26.5. The van der Waals surface area contributed by atoms with Crippen LogP contribution in [-0.2, 0) is 4.79 Å². The summed E-state index contributed by atoms with van der Waals surface area (Å²) in [6, 6.07) is 13.5. The monoisotopic (exact) mass is 537 g/mol. The molecule has 1 aliphatic heterocycles. The normalized spacial score (nSPS) is 14.8. The van der Waals surface area contributed by atoms with Crippen LogP contribution in [0, 0.1) is 17.7 Å². The number of nitrogens with zero attached hydrogens (tertiary/aromatic N) is 3. The van der Waals surface area contributed by atoms with Crippen molar-refractivity contribution in [2.75, 3.05) is 6.54 Å². The van der Waals surface area contributed by atoms with E-state index in [9.17, 15) is 23.9 Å². The summed E-state index contributed by atoms with van der Waals surface area (Å²) >= 11 is 0. The predicted molar refractivity (Wildman–Crippen MR) is 145 cm³/mol. The second kappa shape index (κ2) is 11.3. The van der Waals surface area contributed by atoms with Crippen molar-refractivity contribution in [3.63, 3.8) is 0 Å². The van der Waals surface area contributed by atoms with Gasteiger partial charge in [0.15, 0.2) is 0 Å². The van der Waals surface area contributed by atoms with Gasteiger partial charge in [0.2, 0.25) is 0 Å². The number of aliphatic carboxylic acids is 1. The molecule has 4 aromatic rings. The maximum absolute atomic E-state index is 14.8. The molecule has 1 atom stereocenters. The lowest BCUT2D eigenvalue weighted by Crippen LogP contribution is -2.48. The zero-order chi connectivity index (χ0) is 28.2. The summed E-state index contributed by atoms with van der Waals surface area (Å²) in [7, 11) is 0. The van der Waals surface area contributed by atoms with Gasteiger partial charge in [-0.15, -0.1) is 0 Å². The first-order valence-electron chi connectivity index (χ1n) is 12.6. The Kier molecular flexibility index (Phi) is 7.48. The fourth-order valence-corrected chi connectivity index (χ4v) is 4.69. The number of amides is 2. The summed E-state index contributed by atoms with van der Waals surface area (Å²) in [5.41, 5.74) is 5.18. The van der Waals surface area contributed by atoms with Gasteiger partial charge in [0.05, 0.1) is 22.3 Å². The van der Waals surface area contributed by atoms with Gasteiger partial charge in [0.25, 0.3) is 11.8 Å². The zero-order valence-electron chi connectivity index (χ0n) is 21.2. The van der Waals surface area contributed by atoms with Gasteiger partial charge in [-0.05, 0) is 61.7 Å². The fraction of sp³-hybridized carbons (Fsp3) is 0.167. The highest BCUT2D eigenvalue weighted by atomic mass is 19.1. The molecule has 2 aromatic carbocycles. The van der Waals surface area contributed by atoms with Gasteiger partial charge in [-0.2, -0.15) is 0 Å². The van der Waals surface area contributed by atoms with Gasteiger partial charge < -0.3 is 10.0 Å². The first-order chi connectivity index (χ1) is 19.4. The largest absolute Gasteiger partial charge is 0.480 e. The van der Waals surface area contributed by atoms with Crippen LogP contribution in [0.5, 0.6) is 0 Å². The number of nitrogens with one attached hydrogen (secondary N) is 1. The third-order valence-corrected chi connectivity index (χ3v) is 6.77. The predicted octanol–water partition coefficient (Wildman–Crippen LogP) is 3.52. The van der Waals surface area contributed by atoms with Crippen LogP contribution >= 0.6 is 0 Å². The minimum Gasteiger partial charge on any atom is -0.480 e. The Balaban J connectivity index is 1.36. The highest BCUT2D eigenvalue weighted by molar-refractivity contribution is 6.06. The number of carboxylic acid groups (broad SMARTS) is 1. The van der Waals surface area contributed by atoms with Crippen LogP contribution in [0.4, 0.5) is 4.39 Å². The van der Waals surface area contributed by atoms with Crippen LogP contribution < -0.4 is 11.3 Å². The van der Waals surface area contributed by atoms with Crippen molar-refractivity contribution in [1.29, 1.82) is 0 Å². The SMILES string of the molecule is NNC(=O)c1cc(-c2ccc(C#Cc3ccc(C(=O)N4CCCC[C@@H]4C(=O)O)cc3F)cc2)nc2ccncc12. The Morgan fingerprint density at radius 3 is 2.58 bits per heavy atom. The van der Waals surface area contributed by atoms with Crippen LogP contribution in [0.1, 0.15) is 51.1 Å². The first-order valence-corrected chi connectivity index (χ1v) is 12.6. The number of hydrogen-bond donors (Lipinski definition) is 3. The van der Waals surface area contributed by atoms with E-state index in [4.69, 9.17) is 5.84 Å². The molecule has 0 aliphatic carbocycles. The second-order valence-corrected chi connectivity index (χ2v) is 9.29. The lowest BCUT2D eigenvalue weighted by Gasteiger charge is -2.33. The number of piperidine rings is 1. The third kappa shape index (κ3) is 5.36. The number of carboxylic acids is 1. The number of carbonyl (C=O) groups excluding carboxylic acids is 2. The van der Waals surface area contributed by atoms with Crippen LogP contribution in [0.2, 0.25) is 0 Å². The smallest absolute Gasteiger partial charge is 0.326 e. The van der Waals surface area contributed by atoms with Crippen molar-refractivity contribution in [2.45, 2.75) is 25.3 Å². The Morgan fingerprint density at radius 1 is 1.05 bits per heavy atom. The molecule has 200 valence electrons. The molecule has 1 fully saturated rings. The van der Waals surface area contributed by atoms with Gasteiger partial charge in [-0.3, -0.25) is 20.0 Å². The summed E-state index contributed by atoms with van der Waals surface area (Å²) in [6.45, 7) is 0.322. The quantitative estimate of drug-likeness (QED) is 0.157. The van der Waals surface area contributed by atoms with Gasteiger partial charge in [-0.25, -0.2) is 20.0 Å². The lowest BCUT2D eigenvalue weighted by atomic mass is 10.0. The average Bonchev–Trinajstić information content (AvgIpc) is 2.99. The number of halogens is 1. The van der Waals surface area contributed by atoms with Crippen LogP contribution in [-0.4, -0.2) is 50.3 Å². The number of carbonyl (C=O) groups is 3. The van der Waals surface area contributed by atoms with Crippen LogP contribution in [0.3, 0.4) is 0 Å². The van der Waals surface area contributed by atoms with E-state index < -0.39 is 29.6 Å². The van der Waals surface area contributed by atoms with E-state index in [0.29, 0.717) is 47.1 Å². The highest BCUT2D eigenvalue weighted by Crippen LogP contribution is 2.25. The molecule has 3 heterocycles. The Labute approximate surface area is 228 Å².